The van der Waals surface area contributed by atoms with Gasteiger partial charge in [-0.2, -0.15) is 0 Å². The normalized spacial score (nSPS) is 21.5. The predicted molar refractivity (Wildman–Crippen MR) is 121 cm³/mol. The van der Waals surface area contributed by atoms with Crippen LogP contribution in [-0.2, 0) is 9.47 Å². The minimum atomic E-state index is -2.68. The number of carbonyl (C=O) groups is 2. The van der Waals surface area contributed by atoms with Crippen molar-refractivity contribution in [3.8, 4) is 0 Å². The Hall–Kier alpha value is -2.64. The maximum Gasteiger partial charge on any atom is 0.414 e. The van der Waals surface area contributed by atoms with E-state index < -0.39 is 29.0 Å². The zero-order valence-corrected chi connectivity index (χ0v) is 19.7. The van der Waals surface area contributed by atoms with Crippen molar-refractivity contribution in [3.63, 3.8) is 0 Å². The fourth-order valence-corrected chi connectivity index (χ4v) is 5.09. The number of anilines is 1. The molecular formula is C25H32F2N2O4. The van der Waals surface area contributed by atoms with Gasteiger partial charge >= 0.3 is 12.1 Å². The molecule has 2 aliphatic heterocycles. The van der Waals surface area contributed by atoms with Crippen molar-refractivity contribution in [1.29, 1.82) is 0 Å². The van der Waals surface area contributed by atoms with E-state index in [9.17, 15) is 18.4 Å². The van der Waals surface area contributed by atoms with Gasteiger partial charge in [0.15, 0.2) is 0 Å². The highest BCUT2D eigenvalue weighted by atomic mass is 19.3. The highest BCUT2D eigenvalue weighted by molar-refractivity contribution is 5.94. The molecule has 33 heavy (non-hydrogen) atoms. The first-order valence-electron chi connectivity index (χ1n) is 11.5. The number of halogens is 2. The number of hydrogen-bond acceptors (Lipinski definition) is 5. The Labute approximate surface area is 193 Å². The van der Waals surface area contributed by atoms with E-state index in [2.05, 4.69) is 4.90 Å². The van der Waals surface area contributed by atoms with Crippen LogP contribution in [0.15, 0.2) is 24.3 Å². The number of benzene rings is 1. The summed E-state index contributed by atoms with van der Waals surface area (Å²) in [5, 5.41) is 0. The average molecular weight is 463 g/mol. The average Bonchev–Trinajstić information content (AvgIpc) is 3.24. The van der Waals surface area contributed by atoms with Crippen molar-refractivity contribution < 1.29 is 27.8 Å². The first kappa shape index (κ1) is 23.5. The minimum Gasteiger partial charge on any atom is -0.465 e. The van der Waals surface area contributed by atoms with Crippen LogP contribution >= 0.6 is 0 Å². The van der Waals surface area contributed by atoms with Crippen LogP contribution in [0.5, 0.6) is 0 Å². The number of nitrogens with zero attached hydrogens (tertiary/aromatic N) is 2. The highest BCUT2D eigenvalue weighted by Crippen LogP contribution is 2.58. The number of rotatable bonds is 3. The Morgan fingerprint density at radius 3 is 2.30 bits per heavy atom. The van der Waals surface area contributed by atoms with Crippen molar-refractivity contribution in [2.45, 2.75) is 64.4 Å². The Balaban J connectivity index is 1.80. The lowest BCUT2D eigenvalue weighted by Gasteiger charge is -2.50. The molecule has 1 aromatic carbocycles. The number of esters is 1. The number of hydrogen-bond donors (Lipinski definition) is 0. The second kappa shape index (κ2) is 8.29. The van der Waals surface area contributed by atoms with E-state index >= 15 is 0 Å². The summed E-state index contributed by atoms with van der Waals surface area (Å²) in [6.07, 6.45) is 3.41. The Morgan fingerprint density at radius 2 is 1.73 bits per heavy atom. The van der Waals surface area contributed by atoms with E-state index in [0.717, 1.165) is 37.2 Å². The topological polar surface area (TPSA) is 59.1 Å². The van der Waals surface area contributed by atoms with Crippen LogP contribution in [0, 0.1) is 5.41 Å². The first-order valence-corrected chi connectivity index (χ1v) is 11.5. The molecule has 0 aromatic heterocycles. The number of carbonyl (C=O) groups excluding carboxylic acids is 2. The molecular weight excluding hydrogens is 430 g/mol. The van der Waals surface area contributed by atoms with Crippen molar-refractivity contribution in [2.24, 2.45) is 5.41 Å². The van der Waals surface area contributed by atoms with Crippen LogP contribution < -0.4 is 4.90 Å². The molecule has 0 radical (unpaired) electrons. The van der Waals surface area contributed by atoms with Crippen molar-refractivity contribution in [3.05, 3.63) is 35.4 Å². The van der Waals surface area contributed by atoms with Gasteiger partial charge in [-0.3, -0.25) is 4.90 Å². The van der Waals surface area contributed by atoms with E-state index in [4.69, 9.17) is 9.47 Å². The van der Waals surface area contributed by atoms with Gasteiger partial charge in [-0.1, -0.05) is 6.08 Å². The Bertz CT molecular complexity index is 969. The van der Waals surface area contributed by atoms with Gasteiger partial charge < -0.3 is 14.4 Å². The van der Waals surface area contributed by atoms with E-state index in [1.807, 2.05) is 6.08 Å². The molecule has 180 valence electrons. The fraction of sp³-hybridized carbons (Fsp3) is 0.600. The van der Waals surface area contributed by atoms with Gasteiger partial charge in [0.25, 0.3) is 0 Å². The van der Waals surface area contributed by atoms with Gasteiger partial charge in [0.05, 0.1) is 18.4 Å². The second-order valence-electron chi connectivity index (χ2n) is 10.4. The number of methoxy groups -OCH3 is 1. The number of allylic oxidation sites excluding steroid dienone is 1. The second-order valence-corrected chi connectivity index (χ2v) is 10.4. The molecule has 4 rings (SSSR count). The summed E-state index contributed by atoms with van der Waals surface area (Å²) in [6.45, 7) is 7.34. The smallest absolute Gasteiger partial charge is 0.414 e. The lowest BCUT2D eigenvalue weighted by Crippen LogP contribution is -2.50. The molecule has 0 atom stereocenters. The van der Waals surface area contributed by atoms with Gasteiger partial charge in [0.1, 0.15) is 5.60 Å². The molecule has 8 heteroatoms. The van der Waals surface area contributed by atoms with Crippen molar-refractivity contribution in [1.82, 2.24) is 4.90 Å². The third-order valence-electron chi connectivity index (χ3n) is 6.54. The van der Waals surface area contributed by atoms with Crippen molar-refractivity contribution in [2.75, 3.05) is 31.6 Å². The molecule has 3 aliphatic rings. The molecule has 1 amide bonds. The van der Waals surface area contributed by atoms with Crippen LogP contribution in [0.2, 0.25) is 0 Å². The molecule has 0 bridgehead atoms. The summed E-state index contributed by atoms with van der Waals surface area (Å²) >= 11 is 0. The maximum absolute atomic E-state index is 13.9. The summed E-state index contributed by atoms with van der Waals surface area (Å²) in [5.74, 6) is -3.12. The molecule has 6 nitrogen and oxygen atoms in total. The molecule has 1 saturated carbocycles. The lowest BCUT2D eigenvalue weighted by atomic mass is 9.62. The highest BCUT2D eigenvalue weighted by Gasteiger charge is 2.57. The summed E-state index contributed by atoms with van der Waals surface area (Å²) in [7, 11) is 1.33. The van der Waals surface area contributed by atoms with Crippen molar-refractivity contribution >= 4 is 23.4 Å². The molecule has 1 aliphatic carbocycles. The maximum atomic E-state index is 13.9. The monoisotopic (exact) mass is 462 g/mol. The zero-order valence-electron chi connectivity index (χ0n) is 19.7. The first-order chi connectivity index (χ1) is 15.4. The van der Waals surface area contributed by atoms with E-state index in [0.29, 0.717) is 24.2 Å². The summed E-state index contributed by atoms with van der Waals surface area (Å²) in [5.41, 5.74) is 1.20. The molecule has 1 aromatic rings. The summed E-state index contributed by atoms with van der Waals surface area (Å²) in [4.78, 5) is 29.1. The molecule has 2 fully saturated rings. The van der Waals surface area contributed by atoms with Gasteiger partial charge in [-0.25, -0.2) is 18.4 Å². The minimum absolute atomic E-state index is 0.217. The van der Waals surface area contributed by atoms with Gasteiger partial charge in [0.2, 0.25) is 5.92 Å². The van der Waals surface area contributed by atoms with Crippen LogP contribution in [-0.4, -0.2) is 55.2 Å². The van der Waals surface area contributed by atoms with Crippen LogP contribution in [0.25, 0.3) is 5.70 Å². The predicted octanol–water partition coefficient (Wildman–Crippen LogP) is 5.47. The van der Waals surface area contributed by atoms with Crippen LogP contribution in [0.1, 0.15) is 68.8 Å². The fourth-order valence-electron chi connectivity index (χ4n) is 5.09. The van der Waals surface area contributed by atoms with Crippen LogP contribution in [0.4, 0.5) is 19.3 Å². The number of ether oxygens (including phenoxy) is 2. The van der Waals surface area contributed by atoms with Crippen LogP contribution in [0.3, 0.4) is 0 Å². The SMILES string of the molecule is COC(=O)c1ccc(C2=CC3(CCN2C(=O)OC(C)(C)C)CC(F)(F)C3)c(N2CCCC2)c1. The number of amides is 1. The van der Waals surface area contributed by atoms with E-state index in [1.54, 1.807) is 43.9 Å². The lowest BCUT2D eigenvalue weighted by molar-refractivity contribution is -0.146. The van der Waals surface area contributed by atoms with Gasteiger partial charge in [-0.05, 0) is 58.2 Å². The zero-order chi connectivity index (χ0) is 24.0. The molecule has 0 N–H and O–H groups in total. The van der Waals surface area contributed by atoms with Gasteiger partial charge in [0, 0.05) is 49.1 Å². The molecule has 1 saturated heterocycles. The molecule has 0 unspecified atom stereocenters. The van der Waals surface area contributed by atoms with E-state index in [-0.39, 0.29) is 12.8 Å². The summed E-state index contributed by atoms with van der Waals surface area (Å²) < 4.78 is 38.3. The Morgan fingerprint density at radius 1 is 1.06 bits per heavy atom. The third-order valence-corrected chi connectivity index (χ3v) is 6.54. The summed E-state index contributed by atoms with van der Waals surface area (Å²) in [6, 6.07) is 5.22. The number of alkyl halides is 2. The molecule has 1 spiro atoms. The largest absolute Gasteiger partial charge is 0.465 e. The third kappa shape index (κ3) is 4.84. The van der Waals surface area contributed by atoms with Gasteiger partial charge in [-0.15, -0.1) is 0 Å². The van der Waals surface area contributed by atoms with E-state index in [1.165, 1.54) is 7.11 Å². The quantitative estimate of drug-likeness (QED) is 0.558. The molecule has 2 heterocycles. The Kier molecular flexibility index (Phi) is 5.91. The standard InChI is InChI=1S/C25H32F2N2O4/c1-23(2,3)33-22(31)29-12-9-24(15-25(26,27)16-24)14-20(29)18-8-7-17(21(30)32-4)13-19(18)28-10-5-6-11-28/h7-8,13-14H,5-6,9-12,15-16H2,1-4H3.